The van der Waals surface area contributed by atoms with Crippen LogP contribution in [0, 0.1) is 0 Å². The maximum absolute atomic E-state index is 9.35. The van der Waals surface area contributed by atoms with Gasteiger partial charge in [-0.15, -0.1) is 0 Å². The minimum absolute atomic E-state index is 0.0597. The molecule has 0 unspecified atom stereocenters. The van der Waals surface area contributed by atoms with Gasteiger partial charge in [0.1, 0.15) is 0 Å². The van der Waals surface area contributed by atoms with Crippen molar-refractivity contribution in [2.45, 2.75) is 6.42 Å². The van der Waals surface area contributed by atoms with Gasteiger partial charge in [-0.3, -0.25) is 0 Å². The van der Waals surface area contributed by atoms with Gasteiger partial charge >= 0.3 is 0 Å². The molecule has 0 aliphatic rings. The van der Waals surface area contributed by atoms with E-state index >= 15 is 0 Å². The molecular weight excluding hydrogens is 190 g/mol. The van der Waals surface area contributed by atoms with Gasteiger partial charge in [-0.05, 0) is 25.1 Å². The fraction of sp³-hybridized carbons (Fsp3) is 0.333. The molecule has 1 aromatic carbocycles. The maximum Gasteiger partial charge on any atom is 0.161 e. The van der Waals surface area contributed by atoms with Gasteiger partial charge < -0.3 is 15.6 Å². The number of ether oxygens (including phenoxy) is 1. The molecule has 4 heteroatoms. The molecule has 0 spiro atoms. The number of rotatable bonds is 4. The predicted octanol–water partition coefficient (Wildman–Crippen LogP) is 1.77. The van der Waals surface area contributed by atoms with E-state index in [4.69, 9.17) is 22.1 Å². The van der Waals surface area contributed by atoms with Crippen molar-refractivity contribution in [3.63, 3.8) is 0 Å². The third-order valence-electron chi connectivity index (χ3n) is 1.53. The highest BCUT2D eigenvalue weighted by molar-refractivity contribution is 6.30. The fourth-order valence-corrected chi connectivity index (χ4v) is 1.04. The van der Waals surface area contributed by atoms with Crippen LogP contribution >= 0.6 is 11.6 Å². The maximum atomic E-state index is 9.35. The molecule has 0 bridgehead atoms. The van der Waals surface area contributed by atoms with Crippen molar-refractivity contribution in [1.82, 2.24) is 0 Å². The van der Waals surface area contributed by atoms with Crippen LogP contribution in [0.1, 0.15) is 6.42 Å². The molecule has 0 atom stereocenters. The summed E-state index contributed by atoms with van der Waals surface area (Å²) in [6.07, 6.45) is 0.766. The SMILES string of the molecule is NCCCOc1ccc(Cl)cc1O. The number of nitrogens with two attached hydrogens (primary N) is 1. The van der Waals surface area contributed by atoms with E-state index in [0.717, 1.165) is 6.42 Å². The molecule has 0 aliphatic carbocycles. The lowest BCUT2D eigenvalue weighted by Crippen LogP contribution is -2.06. The Morgan fingerprint density at radius 3 is 2.85 bits per heavy atom. The van der Waals surface area contributed by atoms with Crippen LogP contribution in [-0.4, -0.2) is 18.3 Å². The van der Waals surface area contributed by atoms with E-state index < -0.39 is 0 Å². The molecule has 0 saturated heterocycles. The molecule has 13 heavy (non-hydrogen) atoms. The zero-order valence-electron chi connectivity index (χ0n) is 7.16. The lowest BCUT2D eigenvalue weighted by Gasteiger charge is -2.06. The van der Waals surface area contributed by atoms with Gasteiger partial charge in [0.05, 0.1) is 6.61 Å². The monoisotopic (exact) mass is 201 g/mol. The van der Waals surface area contributed by atoms with Gasteiger partial charge in [-0.1, -0.05) is 11.6 Å². The first-order valence-corrected chi connectivity index (χ1v) is 4.43. The first kappa shape index (κ1) is 10.2. The topological polar surface area (TPSA) is 55.5 Å². The second-order valence-electron chi connectivity index (χ2n) is 2.60. The first-order chi connectivity index (χ1) is 6.24. The summed E-state index contributed by atoms with van der Waals surface area (Å²) in [5.41, 5.74) is 5.29. The molecule has 0 aromatic heterocycles. The van der Waals surface area contributed by atoms with Crippen LogP contribution < -0.4 is 10.5 Å². The van der Waals surface area contributed by atoms with Gasteiger partial charge in [-0.25, -0.2) is 0 Å². The van der Waals surface area contributed by atoms with Crippen LogP contribution in [0.25, 0.3) is 0 Å². The molecule has 1 aromatic rings. The van der Waals surface area contributed by atoms with Crippen molar-refractivity contribution in [2.24, 2.45) is 5.73 Å². The number of phenols is 1. The first-order valence-electron chi connectivity index (χ1n) is 4.05. The van der Waals surface area contributed by atoms with Crippen molar-refractivity contribution in [3.8, 4) is 11.5 Å². The summed E-state index contributed by atoms with van der Waals surface area (Å²) >= 11 is 5.64. The summed E-state index contributed by atoms with van der Waals surface area (Å²) in [6.45, 7) is 1.08. The molecule has 3 N–H and O–H groups in total. The fourth-order valence-electron chi connectivity index (χ4n) is 0.878. The molecule has 72 valence electrons. The Balaban J connectivity index is 2.56. The number of hydrogen-bond acceptors (Lipinski definition) is 3. The van der Waals surface area contributed by atoms with Crippen LogP contribution in [0.5, 0.6) is 11.5 Å². The lowest BCUT2D eigenvalue weighted by molar-refractivity contribution is 0.296. The standard InChI is InChI=1S/C9H12ClNO2/c10-7-2-3-9(8(12)6-7)13-5-1-4-11/h2-3,6,12H,1,4-5,11H2. The van der Waals surface area contributed by atoms with Crippen molar-refractivity contribution in [1.29, 1.82) is 0 Å². The summed E-state index contributed by atoms with van der Waals surface area (Å²) in [6, 6.07) is 4.74. The van der Waals surface area contributed by atoms with Crippen molar-refractivity contribution in [2.75, 3.05) is 13.2 Å². The second-order valence-corrected chi connectivity index (χ2v) is 3.04. The summed E-state index contributed by atoms with van der Waals surface area (Å²) in [4.78, 5) is 0. The number of hydrogen-bond donors (Lipinski definition) is 2. The number of aromatic hydroxyl groups is 1. The van der Waals surface area contributed by atoms with Crippen LogP contribution in [0.15, 0.2) is 18.2 Å². The predicted molar refractivity (Wildman–Crippen MR) is 52.3 cm³/mol. The Morgan fingerprint density at radius 2 is 2.23 bits per heavy atom. The quantitative estimate of drug-likeness (QED) is 0.731. The van der Waals surface area contributed by atoms with Crippen LogP contribution in [0.3, 0.4) is 0 Å². The third kappa shape index (κ3) is 3.13. The van der Waals surface area contributed by atoms with E-state index in [9.17, 15) is 5.11 Å². The average molecular weight is 202 g/mol. The Hall–Kier alpha value is -0.930. The normalized spacial score (nSPS) is 10.0. The van der Waals surface area contributed by atoms with Crippen molar-refractivity contribution < 1.29 is 9.84 Å². The van der Waals surface area contributed by atoms with E-state index in [0.29, 0.717) is 23.9 Å². The molecule has 0 heterocycles. The molecule has 0 fully saturated rings. The summed E-state index contributed by atoms with van der Waals surface area (Å²) in [5, 5.41) is 9.84. The molecule has 3 nitrogen and oxygen atoms in total. The Kier molecular flexibility index (Phi) is 3.86. The molecule has 1 rings (SSSR count). The van der Waals surface area contributed by atoms with E-state index in [1.165, 1.54) is 6.07 Å². The van der Waals surface area contributed by atoms with E-state index in [-0.39, 0.29) is 5.75 Å². The van der Waals surface area contributed by atoms with Gasteiger partial charge in [0, 0.05) is 11.1 Å². The largest absolute Gasteiger partial charge is 0.504 e. The average Bonchev–Trinajstić information content (AvgIpc) is 2.09. The minimum Gasteiger partial charge on any atom is -0.504 e. The van der Waals surface area contributed by atoms with Crippen LogP contribution in [-0.2, 0) is 0 Å². The van der Waals surface area contributed by atoms with Crippen molar-refractivity contribution in [3.05, 3.63) is 23.2 Å². The van der Waals surface area contributed by atoms with Gasteiger partial charge in [-0.2, -0.15) is 0 Å². The summed E-state index contributed by atoms with van der Waals surface area (Å²) in [7, 11) is 0. The van der Waals surface area contributed by atoms with Gasteiger partial charge in [0.25, 0.3) is 0 Å². The highest BCUT2D eigenvalue weighted by Gasteiger charge is 2.01. The van der Waals surface area contributed by atoms with E-state index in [2.05, 4.69) is 0 Å². The van der Waals surface area contributed by atoms with E-state index in [1.807, 2.05) is 0 Å². The smallest absolute Gasteiger partial charge is 0.161 e. The molecule has 0 saturated carbocycles. The number of benzene rings is 1. The Morgan fingerprint density at radius 1 is 1.46 bits per heavy atom. The van der Waals surface area contributed by atoms with Gasteiger partial charge in [0.2, 0.25) is 0 Å². The van der Waals surface area contributed by atoms with E-state index in [1.54, 1.807) is 12.1 Å². The molecular formula is C9H12ClNO2. The Bertz CT molecular complexity index is 278. The van der Waals surface area contributed by atoms with Crippen LogP contribution in [0.4, 0.5) is 0 Å². The highest BCUT2D eigenvalue weighted by atomic mass is 35.5. The minimum atomic E-state index is 0.0597. The third-order valence-corrected chi connectivity index (χ3v) is 1.76. The molecule has 0 amide bonds. The highest BCUT2D eigenvalue weighted by Crippen LogP contribution is 2.28. The molecule has 0 radical (unpaired) electrons. The zero-order valence-corrected chi connectivity index (χ0v) is 7.92. The molecule has 0 aliphatic heterocycles. The number of halogens is 1. The lowest BCUT2D eigenvalue weighted by atomic mass is 10.3. The zero-order chi connectivity index (χ0) is 9.68. The van der Waals surface area contributed by atoms with Crippen molar-refractivity contribution >= 4 is 11.6 Å². The summed E-state index contributed by atoms with van der Waals surface area (Å²) < 4.78 is 5.24. The van der Waals surface area contributed by atoms with Gasteiger partial charge in [0.15, 0.2) is 11.5 Å². The summed E-state index contributed by atoms with van der Waals surface area (Å²) in [5.74, 6) is 0.502. The second kappa shape index (κ2) is 4.94. The van der Waals surface area contributed by atoms with Crippen LogP contribution in [0.2, 0.25) is 5.02 Å². The number of phenolic OH excluding ortho intramolecular Hbond substituents is 1. The Labute approximate surface area is 82.1 Å².